The van der Waals surface area contributed by atoms with E-state index in [1.807, 2.05) is 44.7 Å². The van der Waals surface area contributed by atoms with E-state index in [4.69, 9.17) is 0 Å². The maximum absolute atomic E-state index is 15.2. The number of likely N-dealkylation sites (N-methyl/N-ethyl adjacent to an activating group) is 1. The van der Waals surface area contributed by atoms with Crippen LogP contribution >= 0.6 is 0 Å². The summed E-state index contributed by atoms with van der Waals surface area (Å²) < 4.78 is 31.9. The van der Waals surface area contributed by atoms with Gasteiger partial charge in [-0.25, -0.2) is 28.7 Å². The highest BCUT2D eigenvalue weighted by atomic mass is 19.1. The van der Waals surface area contributed by atoms with Gasteiger partial charge in [0.05, 0.1) is 6.20 Å². The minimum atomic E-state index is -0.603. The molecule has 8 nitrogen and oxygen atoms in total. The largest absolute Gasteiger partial charge is 0.329 e. The van der Waals surface area contributed by atoms with Crippen LogP contribution in [0.4, 0.5) is 20.5 Å². The molecule has 0 spiro atoms. The molecular formula is C30H38F2N8. The van der Waals surface area contributed by atoms with Gasteiger partial charge in [-0.15, -0.1) is 0 Å². The third kappa shape index (κ3) is 5.69. The molecule has 1 N–H and O–H groups in total. The number of nitrogens with zero attached hydrogens (tertiary/aromatic N) is 7. The summed E-state index contributed by atoms with van der Waals surface area (Å²) in [6.07, 6.45) is 8.42. The third-order valence-electron chi connectivity index (χ3n) is 8.04. The van der Waals surface area contributed by atoms with E-state index in [2.05, 4.69) is 48.6 Å². The van der Waals surface area contributed by atoms with E-state index in [9.17, 15) is 4.39 Å². The number of nitrogens with one attached hydrogen (secondary N) is 1. The zero-order valence-corrected chi connectivity index (χ0v) is 24.0. The molecule has 0 radical (unpaired) electrons. The summed E-state index contributed by atoms with van der Waals surface area (Å²) in [4.78, 5) is 22.5. The van der Waals surface area contributed by atoms with Crippen LogP contribution in [-0.2, 0) is 6.54 Å². The Morgan fingerprint density at radius 3 is 2.40 bits per heavy atom. The molecule has 0 amide bonds. The van der Waals surface area contributed by atoms with Crippen molar-refractivity contribution in [2.45, 2.75) is 72.1 Å². The normalized spacial score (nSPS) is 19.9. The average molecular weight is 549 g/mol. The molecule has 2 unspecified atom stereocenters. The summed E-state index contributed by atoms with van der Waals surface area (Å²) >= 11 is 0. The van der Waals surface area contributed by atoms with Crippen LogP contribution in [0.5, 0.6) is 0 Å². The number of allylic oxidation sites excluding steroid dienone is 2. The molecule has 2 bridgehead atoms. The molecule has 0 saturated carbocycles. The molecule has 5 heterocycles. The molecular weight excluding hydrogens is 510 g/mol. The second-order valence-corrected chi connectivity index (χ2v) is 11.1. The van der Waals surface area contributed by atoms with E-state index < -0.39 is 11.6 Å². The fourth-order valence-corrected chi connectivity index (χ4v) is 6.11. The Balaban J connectivity index is 1.27. The van der Waals surface area contributed by atoms with Crippen LogP contribution in [0.2, 0.25) is 0 Å². The highest BCUT2D eigenvalue weighted by Gasteiger charge is 2.39. The van der Waals surface area contributed by atoms with E-state index in [-0.39, 0.29) is 22.9 Å². The standard InChI is InChI=1S/C30H38F2N8/c1-7-38-16-23-8-9-24(17-38)39(23)15-22-12-34-30(35-13-22)37-28-11-25(27(32)14-33-28)19(4)10-26(31)29-20(5)40(18(2)3)21(6)36-29/h10-14,18,23-24H,4,7-9,15-17H2,1-3,5-6H3,(H,33,34,35,37)/b26-10+. The van der Waals surface area contributed by atoms with Gasteiger partial charge in [0.15, 0.2) is 5.83 Å². The Morgan fingerprint density at radius 2 is 1.80 bits per heavy atom. The highest BCUT2D eigenvalue weighted by molar-refractivity contribution is 5.81. The molecule has 0 aromatic carbocycles. The van der Waals surface area contributed by atoms with Crippen molar-refractivity contribution in [2.24, 2.45) is 0 Å². The fourth-order valence-electron chi connectivity index (χ4n) is 6.11. The average Bonchev–Trinajstić information content (AvgIpc) is 3.34. The number of pyridine rings is 1. The summed E-state index contributed by atoms with van der Waals surface area (Å²) in [6, 6.07) is 2.80. The first-order valence-electron chi connectivity index (χ1n) is 14.0. The van der Waals surface area contributed by atoms with Crippen molar-refractivity contribution >= 4 is 23.2 Å². The van der Waals surface area contributed by atoms with Crippen molar-refractivity contribution in [3.8, 4) is 0 Å². The lowest BCUT2D eigenvalue weighted by Crippen LogP contribution is -2.52. The van der Waals surface area contributed by atoms with E-state index in [1.165, 1.54) is 25.0 Å². The quantitative estimate of drug-likeness (QED) is 0.337. The highest BCUT2D eigenvalue weighted by Crippen LogP contribution is 2.32. The number of likely N-dealkylation sites (tertiary alicyclic amines) is 1. The predicted octanol–water partition coefficient (Wildman–Crippen LogP) is 5.84. The smallest absolute Gasteiger partial charge is 0.228 e. The van der Waals surface area contributed by atoms with Crippen molar-refractivity contribution in [1.82, 2.24) is 34.3 Å². The molecule has 2 fully saturated rings. The molecule has 2 atom stereocenters. The van der Waals surface area contributed by atoms with Crippen LogP contribution in [0.1, 0.15) is 68.0 Å². The van der Waals surface area contributed by atoms with Gasteiger partial charge in [0.2, 0.25) is 5.95 Å². The first-order chi connectivity index (χ1) is 19.1. The van der Waals surface area contributed by atoms with Crippen LogP contribution in [0.3, 0.4) is 0 Å². The van der Waals surface area contributed by atoms with Gasteiger partial charge in [0.1, 0.15) is 23.2 Å². The maximum atomic E-state index is 15.2. The second-order valence-electron chi connectivity index (χ2n) is 11.1. The van der Waals surface area contributed by atoms with Gasteiger partial charge in [0.25, 0.3) is 0 Å². The Kier molecular flexibility index (Phi) is 8.09. The SMILES string of the molecule is C=C(/C=C(/F)c1nc(C)n(C(C)C)c1C)c1cc(Nc2ncc(CN3C4CCC3CN(CC)C4)cn2)ncc1F. The Bertz CT molecular complexity index is 1400. The molecule has 2 saturated heterocycles. The molecule has 2 aliphatic heterocycles. The van der Waals surface area contributed by atoms with Gasteiger partial charge >= 0.3 is 0 Å². The van der Waals surface area contributed by atoms with Crippen molar-refractivity contribution < 1.29 is 8.78 Å². The number of halogens is 2. The van der Waals surface area contributed by atoms with E-state index in [0.717, 1.165) is 43.8 Å². The zero-order valence-electron chi connectivity index (χ0n) is 24.0. The Hall–Kier alpha value is -3.50. The number of aromatic nitrogens is 5. The lowest BCUT2D eigenvalue weighted by molar-refractivity contribution is 0.0640. The molecule has 2 aliphatic rings. The number of fused-ring (bicyclic) bond motifs is 2. The number of anilines is 2. The molecule has 40 heavy (non-hydrogen) atoms. The molecule has 3 aromatic heterocycles. The van der Waals surface area contributed by atoms with Gasteiger partial charge in [-0.05, 0) is 64.8 Å². The number of aryl methyl sites for hydroxylation is 1. The van der Waals surface area contributed by atoms with Crippen molar-refractivity contribution in [3.63, 3.8) is 0 Å². The zero-order chi connectivity index (χ0) is 28.6. The lowest BCUT2D eigenvalue weighted by atomic mass is 10.1. The van der Waals surface area contributed by atoms with Crippen molar-refractivity contribution in [3.05, 3.63) is 71.5 Å². The van der Waals surface area contributed by atoms with Crippen LogP contribution < -0.4 is 5.32 Å². The molecule has 212 valence electrons. The molecule has 3 aromatic rings. The number of hydrogen-bond donors (Lipinski definition) is 1. The minimum Gasteiger partial charge on any atom is -0.329 e. The van der Waals surface area contributed by atoms with E-state index in [0.29, 0.717) is 29.5 Å². The Labute approximate surface area is 234 Å². The van der Waals surface area contributed by atoms with Gasteiger partial charge in [-0.1, -0.05) is 13.5 Å². The maximum Gasteiger partial charge on any atom is 0.228 e. The number of imidazole rings is 1. The van der Waals surface area contributed by atoms with Crippen molar-refractivity contribution in [2.75, 3.05) is 25.0 Å². The third-order valence-corrected chi connectivity index (χ3v) is 8.04. The van der Waals surface area contributed by atoms with Gasteiger partial charge in [0, 0.05) is 67.0 Å². The summed E-state index contributed by atoms with van der Waals surface area (Å²) in [7, 11) is 0. The summed E-state index contributed by atoms with van der Waals surface area (Å²) in [5.74, 6) is 0.235. The van der Waals surface area contributed by atoms with Gasteiger partial charge < -0.3 is 14.8 Å². The van der Waals surface area contributed by atoms with Crippen molar-refractivity contribution in [1.29, 1.82) is 0 Å². The number of hydrogen-bond acceptors (Lipinski definition) is 7. The number of rotatable bonds is 9. The molecule has 5 rings (SSSR count). The van der Waals surface area contributed by atoms with E-state index in [1.54, 1.807) is 0 Å². The first-order valence-corrected chi connectivity index (χ1v) is 14.0. The van der Waals surface area contributed by atoms with Crippen LogP contribution in [0.15, 0.2) is 37.3 Å². The van der Waals surface area contributed by atoms with Gasteiger partial charge in [-0.2, -0.15) is 0 Å². The minimum absolute atomic E-state index is 0.128. The molecule has 0 aliphatic carbocycles. The monoisotopic (exact) mass is 548 g/mol. The fraction of sp³-hybridized carbons (Fsp3) is 0.467. The van der Waals surface area contributed by atoms with E-state index >= 15 is 4.39 Å². The first kappa shape index (κ1) is 28.0. The lowest BCUT2D eigenvalue weighted by Gasteiger charge is -2.40. The molecule has 10 heteroatoms. The summed E-state index contributed by atoms with van der Waals surface area (Å²) in [6.45, 7) is 18.0. The van der Waals surface area contributed by atoms with Crippen LogP contribution in [-0.4, -0.2) is 66.0 Å². The van der Waals surface area contributed by atoms with Gasteiger partial charge in [-0.3, -0.25) is 4.90 Å². The predicted molar refractivity (Wildman–Crippen MR) is 154 cm³/mol. The second kappa shape index (κ2) is 11.5. The van der Waals surface area contributed by atoms with Crippen LogP contribution in [0, 0.1) is 19.7 Å². The Morgan fingerprint density at radius 1 is 1.12 bits per heavy atom. The number of piperazine rings is 1. The topological polar surface area (TPSA) is 75.0 Å². The summed E-state index contributed by atoms with van der Waals surface area (Å²) in [5.41, 5.74) is 2.30. The van der Waals surface area contributed by atoms with Crippen LogP contribution in [0.25, 0.3) is 11.4 Å². The summed E-state index contributed by atoms with van der Waals surface area (Å²) in [5, 5.41) is 3.03.